The first-order valence-electron chi connectivity index (χ1n) is 10.1. The Hall–Kier alpha value is -3.69. The third-order valence-electron chi connectivity index (χ3n) is 4.47. The van der Waals surface area contributed by atoms with Crippen LogP contribution < -0.4 is 15.6 Å². The van der Waals surface area contributed by atoms with Crippen LogP contribution in [-0.4, -0.2) is 26.9 Å². The zero-order valence-corrected chi connectivity index (χ0v) is 19.1. The van der Waals surface area contributed by atoms with Gasteiger partial charge in [0.15, 0.2) is 5.16 Å². The summed E-state index contributed by atoms with van der Waals surface area (Å²) in [4.78, 5) is 32.2. The van der Waals surface area contributed by atoms with Gasteiger partial charge in [0, 0.05) is 28.8 Å². The van der Waals surface area contributed by atoms with Gasteiger partial charge in [-0.2, -0.15) is 0 Å². The van der Waals surface area contributed by atoms with Crippen LogP contribution in [0.1, 0.15) is 0 Å². The second kappa shape index (κ2) is 11.3. The van der Waals surface area contributed by atoms with Gasteiger partial charge in [-0.15, -0.1) is 0 Å². The lowest BCUT2D eigenvalue weighted by molar-refractivity contribution is -0.119. The summed E-state index contributed by atoms with van der Waals surface area (Å²) in [6, 6.07) is 29.1. The number of hydrazine groups is 1. The van der Waals surface area contributed by atoms with Crippen LogP contribution in [0.5, 0.6) is 0 Å². The Morgan fingerprint density at radius 1 is 0.788 bits per heavy atom. The highest BCUT2D eigenvalue weighted by Gasteiger charge is 2.15. The van der Waals surface area contributed by atoms with Crippen LogP contribution in [0, 0.1) is 0 Å². The van der Waals surface area contributed by atoms with Gasteiger partial charge in [0.1, 0.15) is 0 Å². The van der Waals surface area contributed by atoms with Gasteiger partial charge >= 0.3 is 5.24 Å². The smallest absolute Gasteiger partial charge is 0.317 e. The van der Waals surface area contributed by atoms with Crippen molar-refractivity contribution in [2.75, 3.05) is 10.5 Å². The molecule has 3 aromatic carbocycles. The van der Waals surface area contributed by atoms with Crippen LogP contribution in [0.3, 0.4) is 0 Å². The van der Waals surface area contributed by atoms with E-state index in [1.165, 1.54) is 11.8 Å². The standard InChI is InChI=1S/C24H21N5O2S2/c30-20(27-28-24(31)33-29-19-14-8-3-9-15-19)16-32-23-25-21(17-10-4-1-5-11-17)22(26-23)18-12-6-2-7-13-18/h1-15,29H,16H2,(H,25,26)(H,27,30)(H,28,31). The molecule has 0 spiro atoms. The third-order valence-corrected chi connectivity index (χ3v) is 5.97. The highest BCUT2D eigenvalue weighted by molar-refractivity contribution is 8.14. The summed E-state index contributed by atoms with van der Waals surface area (Å²) in [6.45, 7) is 0. The topological polar surface area (TPSA) is 98.9 Å². The number of anilines is 1. The van der Waals surface area contributed by atoms with Gasteiger partial charge in [0.25, 0.3) is 0 Å². The number of aromatic amines is 1. The summed E-state index contributed by atoms with van der Waals surface area (Å²) in [5, 5.41) is 0.197. The first-order chi connectivity index (χ1) is 16.2. The normalized spacial score (nSPS) is 10.4. The van der Waals surface area contributed by atoms with Gasteiger partial charge in [-0.1, -0.05) is 90.6 Å². The Labute approximate surface area is 199 Å². The first-order valence-corrected chi connectivity index (χ1v) is 11.9. The number of para-hydroxylation sites is 1. The van der Waals surface area contributed by atoms with E-state index in [0.717, 1.165) is 40.2 Å². The first kappa shape index (κ1) is 22.5. The van der Waals surface area contributed by atoms with E-state index < -0.39 is 5.24 Å². The zero-order valence-electron chi connectivity index (χ0n) is 17.4. The Balaban J connectivity index is 1.34. The number of amides is 2. The van der Waals surface area contributed by atoms with Crippen LogP contribution in [0.25, 0.3) is 22.5 Å². The van der Waals surface area contributed by atoms with E-state index in [1.807, 2.05) is 91.0 Å². The van der Waals surface area contributed by atoms with Crippen molar-refractivity contribution in [2.24, 2.45) is 0 Å². The molecule has 7 nitrogen and oxygen atoms in total. The number of carbonyl (C=O) groups excluding carboxylic acids is 2. The lowest BCUT2D eigenvalue weighted by Crippen LogP contribution is -2.41. The summed E-state index contributed by atoms with van der Waals surface area (Å²) in [7, 11) is 0. The number of hydrogen-bond donors (Lipinski definition) is 4. The Morgan fingerprint density at radius 3 is 2.06 bits per heavy atom. The molecular weight excluding hydrogens is 454 g/mol. The number of benzene rings is 3. The van der Waals surface area contributed by atoms with Crippen LogP contribution in [0.4, 0.5) is 10.5 Å². The summed E-state index contributed by atoms with van der Waals surface area (Å²) in [5.41, 5.74) is 9.29. The molecule has 0 aliphatic heterocycles. The second-order valence-electron chi connectivity index (χ2n) is 6.82. The van der Waals surface area contributed by atoms with Crippen molar-refractivity contribution >= 4 is 40.5 Å². The van der Waals surface area contributed by atoms with Gasteiger partial charge in [0.05, 0.1) is 17.1 Å². The quantitative estimate of drug-likeness (QED) is 0.164. The van der Waals surface area contributed by atoms with Crippen molar-refractivity contribution in [1.82, 2.24) is 20.8 Å². The molecule has 0 saturated heterocycles. The molecule has 4 N–H and O–H groups in total. The molecule has 1 aromatic heterocycles. The van der Waals surface area contributed by atoms with Gasteiger partial charge in [-0.3, -0.25) is 20.4 Å². The van der Waals surface area contributed by atoms with E-state index >= 15 is 0 Å². The summed E-state index contributed by atoms with van der Waals surface area (Å²) in [5.74, 6) is -0.250. The molecule has 0 atom stereocenters. The molecule has 0 saturated carbocycles. The minimum atomic E-state index is -0.423. The molecule has 0 unspecified atom stereocenters. The Bertz CT molecular complexity index is 1140. The average molecular weight is 476 g/mol. The average Bonchev–Trinajstić information content (AvgIpc) is 3.31. The zero-order chi connectivity index (χ0) is 22.9. The third kappa shape index (κ3) is 6.41. The molecule has 0 fully saturated rings. The number of thioether (sulfide) groups is 1. The molecule has 1 heterocycles. The molecule has 0 radical (unpaired) electrons. The molecule has 2 amide bonds. The molecule has 0 aliphatic carbocycles. The highest BCUT2D eigenvalue weighted by atomic mass is 32.2. The predicted molar refractivity (Wildman–Crippen MR) is 135 cm³/mol. The molecule has 4 aromatic rings. The van der Waals surface area contributed by atoms with Crippen molar-refractivity contribution in [3.8, 4) is 22.5 Å². The fourth-order valence-corrected chi connectivity index (χ4v) is 4.08. The summed E-state index contributed by atoms with van der Waals surface area (Å²) >= 11 is 2.11. The molecule has 0 aliphatic rings. The van der Waals surface area contributed by atoms with Gasteiger partial charge < -0.3 is 9.71 Å². The monoisotopic (exact) mass is 475 g/mol. The number of nitrogens with one attached hydrogen (secondary N) is 4. The van der Waals surface area contributed by atoms with Crippen LogP contribution in [0.2, 0.25) is 0 Å². The van der Waals surface area contributed by atoms with E-state index in [2.05, 4.69) is 20.6 Å². The maximum atomic E-state index is 12.2. The lowest BCUT2D eigenvalue weighted by atomic mass is 10.1. The van der Waals surface area contributed by atoms with E-state index in [-0.39, 0.29) is 11.7 Å². The number of imidazole rings is 1. The number of carbonyl (C=O) groups is 2. The molecule has 166 valence electrons. The minimum absolute atomic E-state index is 0.0903. The number of nitrogens with zero attached hydrogens (tertiary/aromatic N) is 1. The van der Waals surface area contributed by atoms with Crippen molar-refractivity contribution < 1.29 is 9.59 Å². The molecule has 33 heavy (non-hydrogen) atoms. The van der Waals surface area contributed by atoms with Crippen molar-refractivity contribution in [3.05, 3.63) is 91.0 Å². The molecule has 9 heteroatoms. The predicted octanol–water partition coefficient (Wildman–Crippen LogP) is 5.34. The fraction of sp³-hybridized carbons (Fsp3) is 0.0417. The highest BCUT2D eigenvalue weighted by Crippen LogP contribution is 2.32. The number of aromatic nitrogens is 2. The van der Waals surface area contributed by atoms with Crippen LogP contribution >= 0.6 is 23.7 Å². The second-order valence-corrected chi connectivity index (χ2v) is 8.56. The fourth-order valence-electron chi connectivity index (χ4n) is 2.97. The van der Waals surface area contributed by atoms with Crippen LogP contribution in [0.15, 0.2) is 96.2 Å². The summed E-state index contributed by atoms with van der Waals surface area (Å²) in [6.07, 6.45) is 0. The lowest BCUT2D eigenvalue weighted by Gasteiger charge is -2.07. The van der Waals surface area contributed by atoms with Gasteiger partial charge in [-0.25, -0.2) is 4.98 Å². The van der Waals surface area contributed by atoms with Gasteiger partial charge in [0.2, 0.25) is 5.91 Å². The van der Waals surface area contributed by atoms with Gasteiger partial charge in [-0.05, 0) is 12.1 Å². The SMILES string of the molecule is O=C(CSc1nc(-c2ccccc2)c(-c2ccccc2)[nH]1)NNC(=O)SNc1ccccc1. The molecule has 0 bridgehead atoms. The van der Waals surface area contributed by atoms with Crippen molar-refractivity contribution in [2.45, 2.75) is 5.16 Å². The Kier molecular flexibility index (Phi) is 7.68. The molecule has 4 rings (SSSR count). The molecular formula is C24H21N5O2S2. The largest absolute Gasteiger partial charge is 0.332 e. The Morgan fingerprint density at radius 2 is 1.39 bits per heavy atom. The van der Waals surface area contributed by atoms with E-state index in [4.69, 9.17) is 4.98 Å². The van der Waals surface area contributed by atoms with Crippen molar-refractivity contribution in [1.29, 1.82) is 0 Å². The number of hydrogen-bond acceptors (Lipinski definition) is 6. The van der Waals surface area contributed by atoms with E-state index in [1.54, 1.807) is 0 Å². The van der Waals surface area contributed by atoms with Crippen molar-refractivity contribution in [3.63, 3.8) is 0 Å². The number of rotatable bonds is 7. The van der Waals surface area contributed by atoms with E-state index in [9.17, 15) is 9.59 Å². The van der Waals surface area contributed by atoms with Crippen LogP contribution in [-0.2, 0) is 4.79 Å². The maximum absolute atomic E-state index is 12.2. The summed E-state index contributed by atoms with van der Waals surface area (Å²) < 4.78 is 2.90. The number of H-pyrrole nitrogens is 1. The van der Waals surface area contributed by atoms with E-state index in [0.29, 0.717) is 5.16 Å². The minimum Gasteiger partial charge on any atom is -0.332 e. The maximum Gasteiger partial charge on any atom is 0.317 e.